The number of morpholine rings is 1. The van der Waals surface area contributed by atoms with Crippen molar-refractivity contribution in [1.82, 2.24) is 9.88 Å². The van der Waals surface area contributed by atoms with Crippen LogP contribution >= 0.6 is 11.6 Å². The van der Waals surface area contributed by atoms with Gasteiger partial charge in [-0.05, 0) is 37.3 Å². The Kier molecular flexibility index (Phi) is 6.26. The summed E-state index contributed by atoms with van der Waals surface area (Å²) in [6, 6.07) is 8.59. The molecule has 2 aromatic rings. The highest BCUT2D eigenvalue weighted by atomic mass is 35.5. The molecular formula is C19H20ClN3O4. The zero-order valence-electron chi connectivity index (χ0n) is 14.9. The third-order valence-electron chi connectivity index (χ3n) is 4.08. The lowest BCUT2D eigenvalue weighted by molar-refractivity contribution is 0.0303. The number of benzene rings is 1. The zero-order chi connectivity index (χ0) is 19.2. The van der Waals surface area contributed by atoms with Crippen LogP contribution in [0.2, 0.25) is 5.15 Å². The van der Waals surface area contributed by atoms with Gasteiger partial charge in [-0.25, -0.2) is 9.78 Å². The molecule has 1 aliphatic heterocycles. The Morgan fingerprint density at radius 1 is 1.26 bits per heavy atom. The number of hydrogen-bond acceptors (Lipinski definition) is 6. The number of nitrogens with zero attached hydrogens (tertiary/aromatic N) is 2. The smallest absolute Gasteiger partial charge is 0.341 e. The third-order valence-corrected chi connectivity index (χ3v) is 4.28. The molecule has 27 heavy (non-hydrogen) atoms. The van der Waals surface area contributed by atoms with E-state index < -0.39 is 5.97 Å². The first-order chi connectivity index (χ1) is 13.1. The van der Waals surface area contributed by atoms with Crippen molar-refractivity contribution in [1.29, 1.82) is 0 Å². The molecule has 1 aliphatic rings. The monoisotopic (exact) mass is 389 g/mol. The molecule has 142 valence electrons. The highest BCUT2D eigenvalue weighted by molar-refractivity contribution is 6.29. The van der Waals surface area contributed by atoms with Crippen molar-refractivity contribution in [2.45, 2.75) is 6.92 Å². The van der Waals surface area contributed by atoms with Crippen molar-refractivity contribution in [3.63, 3.8) is 0 Å². The Morgan fingerprint density at radius 2 is 1.96 bits per heavy atom. The van der Waals surface area contributed by atoms with Crippen molar-refractivity contribution in [2.75, 3.05) is 38.2 Å². The molecule has 2 heterocycles. The van der Waals surface area contributed by atoms with Crippen LogP contribution < -0.4 is 5.32 Å². The third kappa shape index (κ3) is 4.75. The van der Waals surface area contributed by atoms with E-state index in [4.69, 9.17) is 21.1 Å². The van der Waals surface area contributed by atoms with E-state index in [2.05, 4.69) is 10.3 Å². The normalized spacial score (nSPS) is 13.9. The summed E-state index contributed by atoms with van der Waals surface area (Å²) >= 11 is 5.95. The van der Waals surface area contributed by atoms with Crippen LogP contribution in [0.1, 0.15) is 27.6 Å². The number of esters is 1. The van der Waals surface area contributed by atoms with E-state index in [9.17, 15) is 9.59 Å². The average molecular weight is 390 g/mol. The minimum atomic E-state index is -0.483. The minimum absolute atomic E-state index is 0.0241. The van der Waals surface area contributed by atoms with Crippen molar-refractivity contribution >= 4 is 34.9 Å². The Balaban J connectivity index is 1.76. The summed E-state index contributed by atoms with van der Waals surface area (Å²) in [5.74, 6) is -0.507. The Bertz CT molecular complexity index is 820. The summed E-state index contributed by atoms with van der Waals surface area (Å²) in [5.41, 5.74) is 2.08. The van der Waals surface area contributed by atoms with E-state index in [1.54, 1.807) is 42.2 Å². The standard InChI is InChI=1S/C19H20ClN3O4/c1-2-27-19(25)15-12-21-17(20)11-16(15)22-14-5-3-13(4-6-14)18(24)23-7-9-26-10-8-23/h3-6,11-12H,2,7-10H2,1H3,(H,21,22). The average Bonchev–Trinajstić information content (AvgIpc) is 2.69. The molecule has 1 fully saturated rings. The number of rotatable bonds is 5. The van der Waals surface area contributed by atoms with E-state index in [1.807, 2.05) is 0 Å². The van der Waals surface area contributed by atoms with Gasteiger partial charge in [-0.1, -0.05) is 11.6 Å². The summed E-state index contributed by atoms with van der Waals surface area (Å²) < 4.78 is 10.3. The predicted molar refractivity (Wildman–Crippen MR) is 102 cm³/mol. The molecule has 0 saturated carbocycles. The quantitative estimate of drug-likeness (QED) is 0.625. The first kappa shape index (κ1) is 19.1. The molecule has 3 rings (SSSR count). The lowest BCUT2D eigenvalue weighted by Crippen LogP contribution is -2.40. The molecular weight excluding hydrogens is 370 g/mol. The summed E-state index contributed by atoms with van der Waals surface area (Å²) in [6.45, 7) is 4.31. The molecule has 1 saturated heterocycles. The molecule has 0 radical (unpaired) electrons. The maximum Gasteiger partial charge on any atom is 0.341 e. The topological polar surface area (TPSA) is 80.8 Å². The Hall–Kier alpha value is -2.64. The number of hydrogen-bond donors (Lipinski definition) is 1. The first-order valence-electron chi connectivity index (χ1n) is 8.65. The summed E-state index contributed by atoms with van der Waals surface area (Å²) in [5, 5.41) is 3.38. The zero-order valence-corrected chi connectivity index (χ0v) is 15.7. The van der Waals surface area contributed by atoms with Gasteiger partial charge in [-0.3, -0.25) is 4.79 Å². The Morgan fingerprint density at radius 3 is 2.63 bits per heavy atom. The van der Waals surface area contributed by atoms with E-state index in [0.29, 0.717) is 43.2 Å². The van der Waals surface area contributed by atoms with Gasteiger partial charge in [0.25, 0.3) is 5.91 Å². The van der Waals surface area contributed by atoms with Gasteiger partial charge in [0.2, 0.25) is 0 Å². The number of amides is 1. The van der Waals surface area contributed by atoms with Crippen molar-refractivity contribution < 1.29 is 19.1 Å². The van der Waals surface area contributed by atoms with Crippen LogP contribution in [0.3, 0.4) is 0 Å². The van der Waals surface area contributed by atoms with Gasteiger partial charge >= 0.3 is 5.97 Å². The van der Waals surface area contributed by atoms with Crippen LogP contribution in [0, 0.1) is 0 Å². The number of nitrogens with one attached hydrogen (secondary N) is 1. The molecule has 0 atom stereocenters. The van der Waals surface area contributed by atoms with Crippen LogP contribution in [0.4, 0.5) is 11.4 Å². The Labute approximate surface area is 162 Å². The molecule has 1 aromatic carbocycles. The van der Waals surface area contributed by atoms with Crippen molar-refractivity contribution in [3.05, 3.63) is 52.8 Å². The molecule has 0 aliphatic carbocycles. The molecule has 0 bridgehead atoms. The van der Waals surface area contributed by atoms with Gasteiger partial charge in [0, 0.05) is 30.5 Å². The van der Waals surface area contributed by atoms with Crippen LogP contribution in [0.15, 0.2) is 36.5 Å². The number of carbonyl (C=O) groups is 2. The van der Waals surface area contributed by atoms with E-state index in [-0.39, 0.29) is 23.2 Å². The number of halogens is 1. The van der Waals surface area contributed by atoms with Gasteiger partial charge in [-0.15, -0.1) is 0 Å². The van der Waals surface area contributed by atoms with Gasteiger partial charge in [0.05, 0.1) is 25.5 Å². The fourth-order valence-electron chi connectivity index (χ4n) is 2.71. The SMILES string of the molecule is CCOC(=O)c1cnc(Cl)cc1Nc1ccc(C(=O)N2CCOCC2)cc1. The van der Waals surface area contributed by atoms with Gasteiger partial charge in [0.15, 0.2) is 0 Å². The molecule has 1 N–H and O–H groups in total. The second-order valence-electron chi connectivity index (χ2n) is 5.88. The van der Waals surface area contributed by atoms with Gasteiger partial charge in [0.1, 0.15) is 10.7 Å². The maximum atomic E-state index is 12.5. The fraction of sp³-hybridized carbons (Fsp3) is 0.316. The van der Waals surface area contributed by atoms with E-state index in [1.165, 1.54) is 6.20 Å². The number of carbonyl (C=O) groups excluding carboxylic acids is 2. The number of ether oxygens (including phenoxy) is 2. The molecule has 0 unspecified atom stereocenters. The second-order valence-corrected chi connectivity index (χ2v) is 6.27. The molecule has 0 spiro atoms. The molecule has 7 nitrogen and oxygen atoms in total. The largest absolute Gasteiger partial charge is 0.462 e. The predicted octanol–water partition coefficient (Wildman–Crippen LogP) is 3.13. The highest BCUT2D eigenvalue weighted by Crippen LogP contribution is 2.24. The number of anilines is 2. The van der Waals surface area contributed by atoms with Crippen LogP contribution in [0.5, 0.6) is 0 Å². The molecule has 8 heteroatoms. The lowest BCUT2D eigenvalue weighted by Gasteiger charge is -2.26. The second kappa shape index (κ2) is 8.83. The van der Waals surface area contributed by atoms with Gasteiger partial charge in [-0.2, -0.15) is 0 Å². The number of pyridine rings is 1. The lowest BCUT2D eigenvalue weighted by atomic mass is 10.1. The van der Waals surface area contributed by atoms with E-state index in [0.717, 1.165) is 0 Å². The minimum Gasteiger partial charge on any atom is -0.462 e. The van der Waals surface area contributed by atoms with Crippen LogP contribution in [-0.2, 0) is 9.47 Å². The van der Waals surface area contributed by atoms with Crippen molar-refractivity contribution in [3.8, 4) is 0 Å². The van der Waals surface area contributed by atoms with Gasteiger partial charge < -0.3 is 19.7 Å². The summed E-state index contributed by atoms with van der Waals surface area (Å²) in [6.07, 6.45) is 1.37. The van der Waals surface area contributed by atoms with Crippen molar-refractivity contribution in [2.24, 2.45) is 0 Å². The summed E-state index contributed by atoms with van der Waals surface area (Å²) in [4.78, 5) is 30.3. The first-order valence-corrected chi connectivity index (χ1v) is 9.03. The number of aromatic nitrogens is 1. The highest BCUT2D eigenvalue weighted by Gasteiger charge is 2.19. The van der Waals surface area contributed by atoms with Crippen LogP contribution in [-0.4, -0.2) is 54.7 Å². The molecule has 1 aromatic heterocycles. The van der Waals surface area contributed by atoms with E-state index >= 15 is 0 Å². The fourth-order valence-corrected chi connectivity index (χ4v) is 2.86. The maximum absolute atomic E-state index is 12.5. The summed E-state index contributed by atoms with van der Waals surface area (Å²) in [7, 11) is 0. The van der Waals surface area contributed by atoms with Crippen LogP contribution in [0.25, 0.3) is 0 Å². The molecule has 1 amide bonds.